The first-order valence-corrected chi connectivity index (χ1v) is 7.08. The fraction of sp³-hybridized carbons (Fsp3) is 0. The molecule has 2 heterocycles. The molecule has 4 rings (SSSR count). The number of H-pyrrole nitrogens is 1. The van der Waals surface area contributed by atoms with E-state index >= 15 is 0 Å². The van der Waals surface area contributed by atoms with Gasteiger partial charge in [0.25, 0.3) is 5.89 Å². The quantitative estimate of drug-likeness (QED) is 0.631. The summed E-state index contributed by atoms with van der Waals surface area (Å²) in [4.78, 5) is 11.3. The molecule has 6 heteroatoms. The largest absolute Gasteiger partial charge is 0.434 e. The van der Waals surface area contributed by atoms with Crippen LogP contribution in [0.2, 0.25) is 0 Å². The number of para-hydroxylation sites is 1. The molecule has 0 fully saturated rings. The molecule has 6 nitrogen and oxygen atoms in total. The number of rotatable bonds is 3. The van der Waals surface area contributed by atoms with Gasteiger partial charge in [-0.1, -0.05) is 48.5 Å². The Labute approximate surface area is 131 Å². The summed E-state index contributed by atoms with van der Waals surface area (Å²) in [5, 5.41) is 10.8. The molecule has 0 atom stereocenters. The molecule has 0 radical (unpaired) electrons. The van der Waals surface area contributed by atoms with Gasteiger partial charge in [0.2, 0.25) is 0 Å². The van der Waals surface area contributed by atoms with Crippen LogP contribution in [-0.4, -0.2) is 20.0 Å². The van der Waals surface area contributed by atoms with Crippen molar-refractivity contribution in [3.8, 4) is 28.4 Å². The van der Waals surface area contributed by atoms with Crippen molar-refractivity contribution in [2.24, 2.45) is 0 Å². The lowest BCUT2D eigenvalue weighted by Crippen LogP contribution is -1.93. The van der Waals surface area contributed by atoms with Gasteiger partial charge in [0.15, 0.2) is 0 Å². The van der Waals surface area contributed by atoms with Gasteiger partial charge in [0.05, 0.1) is 11.3 Å². The monoisotopic (exact) mass is 304 g/mol. The highest BCUT2D eigenvalue weighted by Crippen LogP contribution is 2.30. The molecule has 4 aromatic rings. The first-order chi connectivity index (χ1) is 11.3. The molecule has 112 valence electrons. The van der Waals surface area contributed by atoms with Gasteiger partial charge in [-0.2, -0.15) is 5.10 Å². The van der Waals surface area contributed by atoms with Gasteiger partial charge >= 0.3 is 5.76 Å². The van der Waals surface area contributed by atoms with Gasteiger partial charge < -0.3 is 4.42 Å². The highest BCUT2D eigenvalue weighted by molar-refractivity contribution is 5.76. The van der Waals surface area contributed by atoms with E-state index in [0.717, 1.165) is 11.3 Å². The van der Waals surface area contributed by atoms with E-state index < -0.39 is 5.76 Å². The number of nitrogens with one attached hydrogen (secondary N) is 1. The van der Waals surface area contributed by atoms with Crippen molar-refractivity contribution >= 4 is 0 Å². The fourth-order valence-electron chi connectivity index (χ4n) is 2.40. The van der Waals surface area contributed by atoms with E-state index in [9.17, 15) is 4.79 Å². The van der Waals surface area contributed by atoms with Crippen LogP contribution in [0.5, 0.6) is 0 Å². The summed E-state index contributed by atoms with van der Waals surface area (Å²) in [6.07, 6.45) is 1.80. The smallest absolute Gasteiger partial charge is 0.388 e. The number of hydrogen-bond donors (Lipinski definition) is 1. The first kappa shape index (κ1) is 13.3. The van der Waals surface area contributed by atoms with E-state index in [1.165, 1.54) is 0 Å². The van der Waals surface area contributed by atoms with E-state index in [1.807, 2.05) is 60.7 Å². The minimum absolute atomic E-state index is 0.219. The number of aromatic nitrogens is 4. The van der Waals surface area contributed by atoms with Crippen LogP contribution in [0, 0.1) is 0 Å². The summed E-state index contributed by atoms with van der Waals surface area (Å²) in [5.74, 6) is -0.373. The zero-order valence-electron chi connectivity index (χ0n) is 12.0. The van der Waals surface area contributed by atoms with Crippen LogP contribution >= 0.6 is 0 Å². The summed E-state index contributed by atoms with van der Waals surface area (Å²) >= 11 is 0. The molecule has 0 bridgehead atoms. The van der Waals surface area contributed by atoms with Crippen molar-refractivity contribution < 1.29 is 4.42 Å². The molecule has 1 N–H and O–H groups in total. The maximum atomic E-state index is 11.3. The Morgan fingerprint density at radius 1 is 0.957 bits per heavy atom. The van der Waals surface area contributed by atoms with Crippen LogP contribution in [-0.2, 0) is 0 Å². The Bertz CT molecular complexity index is 984. The number of benzene rings is 2. The van der Waals surface area contributed by atoms with Crippen molar-refractivity contribution in [3.05, 3.63) is 77.4 Å². The highest BCUT2D eigenvalue weighted by Gasteiger charge is 2.18. The van der Waals surface area contributed by atoms with Gasteiger partial charge in [0.1, 0.15) is 5.69 Å². The van der Waals surface area contributed by atoms with Crippen LogP contribution in [0.25, 0.3) is 28.4 Å². The maximum Gasteiger partial charge on any atom is 0.434 e. The normalized spacial score (nSPS) is 10.8. The van der Waals surface area contributed by atoms with Gasteiger partial charge in [-0.15, -0.1) is 5.10 Å². The average molecular weight is 304 g/mol. The molecule has 0 saturated heterocycles. The van der Waals surface area contributed by atoms with Crippen LogP contribution in [0.4, 0.5) is 0 Å². The number of hydrogen-bond acceptors (Lipinski definition) is 4. The van der Waals surface area contributed by atoms with Gasteiger partial charge in [0, 0.05) is 11.8 Å². The standard InChI is InChI=1S/C17H12N4O2/c22-17-19-18-16(23-17)14-11-21(13-9-5-2-6-10-13)20-15(14)12-7-3-1-4-8-12/h1-11H,(H,19,22). The lowest BCUT2D eigenvalue weighted by molar-refractivity contribution is 0.527. The zero-order chi connectivity index (χ0) is 15.6. The van der Waals surface area contributed by atoms with Crippen molar-refractivity contribution in [3.63, 3.8) is 0 Å². The van der Waals surface area contributed by atoms with E-state index in [0.29, 0.717) is 11.3 Å². The molecule has 0 aliphatic carbocycles. The second kappa shape index (κ2) is 5.42. The fourth-order valence-corrected chi connectivity index (χ4v) is 2.40. The van der Waals surface area contributed by atoms with Crippen molar-refractivity contribution in [2.75, 3.05) is 0 Å². The Balaban J connectivity index is 1.93. The van der Waals surface area contributed by atoms with Gasteiger partial charge in [-0.25, -0.2) is 14.6 Å². The molecule has 0 spiro atoms. The van der Waals surface area contributed by atoms with Crippen molar-refractivity contribution in [1.29, 1.82) is 0 Å². The van der Waals surface area contributed by atoms with Crippen LogP contribution in [0.3, 0.4) is 0 Å². The third kappa shape index (κ3) is 2.46. The molecule has 2 aromatic heterocycles. The topological polar surface area (TPSA) is 76.7 Å². The minimum Gasteiger partial charge on any atom is -0.388 e. The maximum absolute atomic E-state index is 11.3. The summed E-state index contributed by atoms with van der Waals surface area (Å²) < 4.78 is 6.85. The first-order valence-electron chi connectivity index (χ1n) is 7.08. The molecule has 23 heavy (non-hydrogen) atoms. The van der Waals surface area contributed by atoms with Gasteiger partial charge in [-0.3, -0.25) is 0 Å². The molecule has 0 saturated carbocycles. The predicted molar refractivity (Wildman–Crippen MR) is 85.1 cm³/mol. The van der Waals surface area contributed by atoms with Crippen molar-refractivity contribution in [1.82, 2.24) is 20.0 Å². The molecule has 0 unspecified atom stereocenters. The van der Waals surface area contributed by atoms with E-state index in [-0.39, 0.29) is 5.89 Å². The summed E-state index contributed by atoms with van der Waals surface area (Å²) in [5.41, 5.74) is 3.18. The SMILES string of the molecule is O=c1[nH]nc(-c2cn(-c3ccccc3)nc2-c2ccccc2)o1. The van der Waals surface area contributed by atoms with Crippen LogP contribution in [0.1, 0.15) is 0 Å². The Hall–Kier alpha value is -3.41. The van der Waals surface area contributed by atoms with E-state index in [1.54, 1.807) is 10.9 Å². The third-order valence-electron chi connectivity index (χ3n) is 3.45. The summed E-state index contributed by atoms with van der Waals surface area (Å²) in [6, 6.07) is 19.4. The molecule has 0 aliphatic rings. The summed E-state index contributed by atoms with van der Waals surface area (Å²) in [6.45, 7) is 0. The minimum atomic E-state index is -0.591. The second-order valence-corrected chi connectivity index (χ2v) is 4.96. The van der Waals surface area contributed by atoms with E-state index in [4.69, 9.17) is 4.42 Å². The van der Waals surface area contributed by atoms with Crippen LogP contribution < -0.4 is 5.76 Å². The van der Waals surface area contributed by atoms with Crippen molar-refractivity contribution in [2.45, 2.75) is 0 Å². The Morgan fingerprint density at radius 2 is 1.65 bits per heavy atom. The Kier molecular flexibility index (Phi) is 3.12. The molecule has 0 aliphatic heterocycles. The van der Waals surface area contributed by atoms with E-state index in [2.05, 4.69) is 15.3 Å². The third-order valence-corrected chi connectivity index (χ3v) is 3.45. The predicted octanol–water partition coefficient (Wildman–Crippen LogP) is 2.88. The highest BCUT2D eigenvalue weighted by atomic mass is 16.4. The molecule has 0 amide bonds. The Morgan fingerprint density at radius 3 is 2.30 bits per heavy atom. The van der Waals surface area contributed by atoms with Crippen LogP contribution in [0.15, 0.2) is 76.1 Å². The number of nitrogens with zero attached hydrogens (tertiary/aromatic N) is 3. The second-order valence-electron chi connectivity index (χ2n) is 4.96. The zero-order valence-corrected chi connectivity index (χ0v) is 12.0. The average Bonchev–Trinajstić information content (AvgIpc) is 3.23. The molecule has 2 aromatic carbocycles. The van der Waals surface area contributed by atoms with Gasteiger partial charge in [-0.05, 0) is 12.1 Å². The lowest BCUT2D eigenvalue weighted by atomic mass is 10.1. The lowest BCUT2D eigenvalue weighted by Gasteiger charge is -2.00. The molecular weight excluding hydrogens is 292 g/mol. The molecular formula is C17H12N4O2. The number of aromatic amines is 1. The summed E-state index contributed by atoms with van der Waals surface area (Å²) in [7, 11) is 0.